The third-order valence-corrected chi connectivity index (χ3v) is 2.83. The van der Waals surface area contributed by atoms with Crippen molar-refractivity contribution in [3.05, 3.63) is 34.4 Å². The van der Waals surface area contributed by atoms with Crippen molar-refractivity contribution in [3.63, 3.8) is 0 Å². The number of ether oxygens (including phenoxy) is 1. The summed E-state index contributed by atoms with van der Waals surface area (Å²) in [5.41, 5.74) is 0.166. The summed E-state index contributed by atoms with van der Waals surface area (Å²) in [6.07, 6.45) is -0.296. The Morgan fingerprint density at radius 1 is 1.36 bits per heavy atom. The lowest BCUT2D eigenvalue weighted by atomic mass is 10.0. The van der Waals surface area contributed by atoms with E-state index in [0.29, 0.717) is 12.1 Å². The molecule has 0 spiro atoms. The molecule has 0 heterocycles. The zero-order chi connectivity index (χ0) is 16.7. The van der Waals surface area contributed by atoms with Crippen LogP contribution < -0.4 is 10.6 Å². The van der Waals surface area contributed by atoms with Gasteiger partial charge in [0.25, 0.3) is 5.69 Å². The van der Waals surface area contributed by atoms with E-state index in [1.54, 1.807) is 0 Å². The zero-order valence-electron chi connectivity index (χ0n) is 12.7. The molecular weight excluding hydrogens is 290 g/mol. The van der Waals surface area contributed by atoms with Crippen LogP contribution in [0.1, 0.15) is 20.3 Å². The van der Waals surface area contributed by atoms with Crippen LogP contribution in [0.25, 0.3) is 0 Å². The Morgan fingerprint density at radius 3 is 2.59 bits per heavy atom. The molecule has 0 aromatic heterocycles. The van der Waals surface area contributed by atoms with Crippen LogP contribution in [0.3, 0.4) is 0 Å². The number of methoxy groups -OCH3 is 1. The number of hydrogen-bond donors (Lipinski definition) is 2. The van der Waals surface area contributed by atoms with Crippen molar-refractivity contribution >= 4 is 23.4 Å². The Hall–Kier alpha value is -2.64. The SMILES string of the molecule is COC(=O)N[C@H](CC(C)C)C(=O)Nc1cccc([N+](=O)[O-])c1. The molecule has 0 saturated carbocycles. The molecule has 0 aliphatic carbocycles. The summed E-state index contributed by atoms with van der Waals surface area (Å²) in [5.74, 6) is -0.294. The maximum atomic E-state index is 12.2. The normalized spacial score (nSPS) is 11.6. The van der Waals surface area contributed by atoms with Crippen LogP contribution in [-0.2, 0) is 9.53 Å². The number of nitro benzene ring substituents is 1. The first-order valence-corrected chi connectivity index (χ1v) is 6.73. The summed E-state index contributed by atoms with van der Waals surface area (Å²) in [6, 6.07) is 4.80. The molecule has 1 aromatic rings. The fourth-order valence-electron chi connectivity index (χ4n) is 1.83. The molecule has 0 bridgehead atoms. The smallest absolute Gasteiger partial charge is 0.407 e. The standard InChI is InChI=1S/C14H19N3O5/c1-9(2)7-12(16-14(19)22-3)13(18)15-10-5-4-6-11(8-10)17(20)21/h4-6,8-9,12H,7H2,1-3H3,(H,15,18)(H,16,19)/t12-/m1/s1. The molecule has 1 aromatic carbocycles. The van der Waals surface area contributed by atoms with Gasteiger partial charge in [-0.1, -0.05) is 19.9 Å². The zero-order valence-corrected chi connectivity index (χ0v) is 12.7. The topological polar surface area (TPSA) is 111 Å². The highest BCUT2D eigenvalue weighted by molar-refractivity contribution is 5.96. The number of rotatable bonds is 6. The first-order valence-electron chi connectivity index (χ1n) is 6.73. The van der Waals surface area contributed by atoms with Crippen LogP contribution in [-0.4, -0.2) is 30.1 Å². The molecule has 2 amide bonds. The van der Waals surface area contributed by atoms with Crippen molar-refractivity contribution in [3.8, 4) is 0 Å². The Bertz CT molecular complexity index is 559. The number of alkyl carbamates (subject to hydrolysis) is 1. The Kier molecular flexibility index (Phi) is 6.30. The third-order valence-electron chi connectivity index (χ3n) is 2.83. The molecule has 22 heavy (non-hydrogen) atoms. The number of anilines is 1. The number of non-ortho nitro benzene ring substituents is 1. The van der Waals surface area contributed by atoms with Gasteiger partial charge in [-0.3, -0.25) is 14.9 Å². The van der Waals surface area contributed by atoms with Crippen LogP contribution in [0.2, 0.25) is 0 Å². The number of nitro groups is 1. The summed E-state index contributed by atoms with van der Waals surface area (Å²) in [4.78, 5) is 33.7. The summed E-state index contributed by atoms with van der Waals surface area (Å²) in [7, 11) is 1.21. The summed E-state index contributed by atoms with van der Waals surface area (Å²) < 4.78 is 4.49. The number of nitrogens with one attached hydrogen (secondary N) is 2. The molecule has 1 atom stereocenters. The maximum absolute atomic E-state index is 12.2. The van der Waals surface area contributed by atoms with Crippen molar-refractivity contribution in [2.75, 3.05) is 12.4 Å². The second-order valence-corrected chi connectivity index (χ2v) is 5.11. The highest BCUT2D eigenvalue weighted by atomic mass is 16.6. The molecule has 0 saturated heterocycles. The highest BCUT2D eigenvalue weighted by Crippen LogP contribution is 2.17. The Labute approximate surface area is 128 Å². The van der Waals surface area contributed by atoms with Gasteiger partial charge in [0.1, 0.15) is 6.04 Å². The summed E-state index contributed by atoms with van der Waals surface area (Å²) in [6.45, 7) is 3.82. The van der Waals surface area contributed by atoms with Crippen LogP contribution in [0.15, 0.2) is 24.3 Å². The van der Waals surface area contributed by atoms with Crippen LogP contribution >= 0.6 is 0 Å². The van der Waals surface area contributed by atoms with Crippen LogP contribution in [0.5, 0.6) is 0 Å². The molecule has 0 aliphatic heterocycles. The van der Waals surface area contributed by atoms with Gasteiger partial charge in [0.15, 0.2) is 0 Å². The lowest BCUT2D eigenvalue weighted by Crippen LogP contribution is -2.44. The summed E-state index contributed by atoms with van der Waals surface area (Å²) >= 11 is 0. The molecule has 1 rings (SSSR count). The van der Waals surface area contributed by atoms with Crippen molar-refractivity contribution in [1.82, 2.24) is 5.32 Å². The second-order valence-electron chi connectivity index (χ2n) is 5.11. The minimum atomic E-state index is -0.785. The molecule has 0 aliphatic rings. The number of carbonyl (C=O) groups excluding carboxylic acids is 2. The second kappa shape index (κ2) is 7.96. The quantitative estimate of drug-likeness (QED) is 0.618. The molecular formula is C14H19N3O5. The number of carbonyl (C=O) groups is 2. The average Bonchev–Trinajstić information content (AvgIpc) is 2.46. The number of amides is 2. The largest absolute Gasteiger partial charge is 0.453 e. The van der Waals surface area contributed by atoms with Gasteiger partial charge in [-0.15, -0.1) is 0 Å². The fraction of sp³-hybridized carbons (Fsp3) is 0.429. The fourth-order valence-corrected chi connectivity index (χ4v) is 1.83. The monoisotopic (exact) mass is 309 g/mol. The molecule has 8 heteroatoms. The Balaban J connectivity index is 2.83. The van der Waals surface area contributed by atoms with E-state index in [2.05, 4.69) is 15.4 Å². The predicted molar refractivity (Wildman–Crippen MR) is 80.5 cm³/mol. The molecule has 0 fully saturated rings. The van der Waals surface area contributed by atoms with E-state index >= 15 is 0 Å². The van der Waals surface area contributed by atoms with Crippen LogP contribution in [0, 0.1) is 16.0 Å². The molecule has 2 N–H and O–H groups in total. The van der Waals surface area contributed by atoms with E-state index in [4.69, 9.17) is 0 Å². The predicted octanol–water partition coefficient (Wildman–Crippen LogP) is 2.30. The van der Waals surface area contributed by atoms with Gasteiger partial charge in [0.2, 0.25) is 5.91 Å². The minimum absolute atomic E-state index is 0.126. The van der Waals surface area contributed by atoms with Gasteiger partial charge in [0, 0.05) is 17.8 Å². The van der Waals surface area contributed by atoms with Gasteiger partial charge in [-0.05, 0) is 18.4 Å². The van der Waals surface area contributed by atoms with Gasteiger partial charge in [-0.25, -0.2) is 4.79 Å². The van der Waals surface area contributed by atoms with Crippen molar-refractivity contribution in [2.45, 2.75) is 26.3 Å². The lowest BCUT2D eigenvalue weighted by Gasteiger charge is -2.19. The average molecular weight is 309 g/mol. The van der Waals surface area contributed by atoms with Gasteiger partial charge in [0.05, 0.1) is 12.0 Å². The van der Waals surface area contributed by atoms with Crippen molar-refractivity contribution in [2.24, 2.45) is 5.92 Å². The first-order chi connectivity index (χ1) is 10.3. The molecule has 120 valence electrons. The first kappa shape index (κ1) is 17.4. The van der Waals surface area contributed by atoms with E-state index in [1.165, 1.54) is 31.4 Å². The van der Waals surface area contributed by atoms with E-state index in [1.807, 2.05) is 13.8 Å². The summed E-state index contributed by atoms with van der Waals surface area (Å²) in [5, 5.41) is 15.7. The molecule has 0 radical (unpaired) electrons. The van der Waals surface area contributed by atoms with Crippen molar-refractivity contribution < 1.29 is 19.2 Å². The minimum Gasteiger partial charge on any atom is -0.453 e. The third kappa shape index (κ3) is 5.39. The lowest BCUT2D eigenvalue weighted by molar-refractivity contribution is -0.384. The maximum Gasteiger partial charge on any atom is 0.407 e. The van der Waals surface area contributed by atoms with E-state index in [9.17, 15) is 19.7 Å². The number of nitrogens with zero attached hydrogens (tertiary/aromatic N) is 1. The number of hydrogen-bond acceptors (Lipinski definition) is 5. The van der Waals surface area contributed by atoms with E-state index < -0.39 is 23.0 Å². The number of benzene rings is 1. The van der Waals surface area contributed by atoms with Crippen LogP contribution in [0.4, 0.5) is 16.2 Å². The van der Waals surface area contributed by atoms with Gasteiger partial charge in [-0.2, -0.15) is 0 Å². The van der Waals surface area contributed by atoms with Gasteiger partial charge < -0.3 is 15.4 Å². The van der Waals surface area contributed by atoms with Crippen molar-refractivity contribution in [1.29, 1.82) is 0 Å². The van der Waals surface area contributed by atoms with E-state index in [0.717, 1.165) is 0 Å². The van der Waals surface area contributed by atoms with E-state index in [-0.39, 0.29) is 11.6 Å². The molecule has 0 unspecified atom stereocenters. The van der Waals surface area contributed by atoms with Gasteiger partial charge >= 0.3 is 6.09 Å². The molecule has 8 nitrogen and oxygen atoms in total. The Morgan fingerprint density at radius 2 is 2.05 bits per heavy atom. The highest BCUT2D eigenvalue weighted by Gasteiger charge is 2.22.